The Kier molecular flexibility index (Phi) is 4.51. The van der Waals surface area contributed by atoms with Gasteiger partial charge in [0.15, 0.2) is 0 Å². The molecule has 0 aliphatic heterocycles. The summed E-state index contributed by atoms with van der Waals surface area (Å²) >= 11 is 0. The molecule has 0 atom stereocenters. The molecule has 0 heterocycles. The molecule has 0 saturated carbocycles. The topological polar surface area (TPSA) is 12.4 Å². The van der Waals surface area contributed by atoms with Gasteiger partial charge < -0.3 is 0 Å². The summed E-state index contributed by atoms with van der Waals surface area (Å²) in [6.45, 7) is 13.7. The first kappa shape index (κ1) is 10.2. The second-order valence-electron chi connectivity index (χ2n) is 3.14. The van der Waals surface area contributed by atoms with E-state index in [9.17, 15) is 0 Å². The number of hydrogen-bond acceptors (Lipinski definition) is 1. The van der Waals surface area contributed by atoms with E-state index in [1.165, 1.54) is 0 Å². The molecule has 0 amide bonds. The molecule has 0 fully saturated rings. The smallest absolute Gasteiger partial charge is 0.0429 e. The van der Waals surface area contributed by atoms with Crippen molar-refractivity contribution >= 4 is 5.71 Å². The SMILES string of the molecule is C=CN=C(CC(C)C)C(=C)C. The Morgan fingerprint density at radius 1 is 1.55 bits per heavy atom. The maximum absolute atomic E-state index is 4.14. The molecular weight excluding hydrogens is 134 g/mol. The van der Waals surface area contributed by atoms with Crippen molar-refractivity contribution in [1.29, 1.82) is 0 Å². The van der Waals surface area contributed by atoms with Crippen molar-refractivity contribution in [3.8, 4) is 0 Å². The van der Waals surface area contributed by atoms with Crippen LogP contribution in [-0.2, 0) is 0 Å². The van der Waals surface area contributed by atoms with Crippen LogP contribution >= 0.6 is 0 Å². The first-order chi connectivity index (χ1) is 5.07. The third-order valence-corrected chi connectivity index (χ3v) is 1.34. The zero-order chi connectivity index (χ0) is 8.85. The zero-order valence-electron chi connectivity index (χ0n) is 7.72. The van der Waals surface area contributed by atoms with Gasteiger partial charge in [-0.1, -0.05) is 27.0 Å². The molecule has 0 aromatic carbocycles. The average molecular weight is 151 g/mol. The Balaban J connectivity index is 4.23. The second kappa shape index (κ2) is 4.89. The van der Waals surface area contributed by atoms with Gasteiger partial charge in [0.2, 0.25) is 0 Å². The Morgan fingerprint density at radius 2 is 2.09 bits per heavy atom. The highest BCUT2D eigenvalue weighted by Crippen LogP contribution is 2.07. The third kappa shape index (κ3) is 4.54. The predicted octanol–water partition coefficient (Wildman–Crippen LogP) is 3.19. The maximum atomic E-state index is 4.14. The summed E-state index contributed by atoms with van der Waals surface area (Å²) < 4.78 is 0. The fourth-order valence-corrected chi connectivity index (χ4v) is 0.834. The van der Waals surface area contributed by atoms with Crippen molar-refractivity contribution in [3.05, 3.63) is 24.9 Å². The Labute approximate surface area is 69.5 Å². The lowest BCUT2D eigenvalue weighted by Gasteiger charge is -2.06. The van der Waals surface area contributed by atoms with Crippen molar-refractivity contribution in [2.75, 3.05) is 0 Å². The van der Waals surface area contributed by atoms with Crippen LogP contribution in [0.3, 0.4) is 0 Å². The fourth-order valence-electron chi connectivity index (χ4n) is 0.834. The second-order valence-corrected chi connectivity index (χ2v) is 3.14. The number of aliphatic imine (C=N–C) groups is 1. The van der Waals surface area contributed by atoms with E-state index in [0.29, 0.717) is 5.92 Å². The van der Waals surface area contributed by atoms with Gasteiger partial charge in [-0.2, -0.15) is 0 Å². The molecule has 1 heteroatoms. The summed E-state index contributed by atoms with van der Waals surface area (Å²) in [6.07, 6.45) is 2.56. The van der Waals surface area contributed by atoms with Gasteiger partial charge in [-0.25, -0.2) is 0 Å². The summed E-state index contributed by atoms with van der Waals surface area (Å²) in [4.78, 5) is 4.14. The Hall–Kier alpha value is -0.850. The van der Waals surface area contributed by atoms with Crippen LogP contribution in [0, 0.1) is 5.92 Å². The molecule has 0 aliphatic rings. The summed E-state index contributed by atoms with van der Waals surface area (Å²) in [7, 11) is 0. The molecule has 0 bridgehead atoms. The molecule has 0 aliphatic carbocycles. The minimum absolute atomic E-state index is 0.630. The number of rotatable bonds is 4. The predicted molar refractivity (Wildman–Crippen MR) is 51.9 cm³/mol. The van der Waals surface area contributed by atoms with Crippen LogP contribution in [0.25, 0.3) is 0 Å². The van der Waals surface area contributed by atoms with Crippen molar-refractivity contribution < 1.29 is 0 Å². The molecule has 0 aromatic heterocycles. The van der Waals surface area contributed by atoms with Crippen LogP contribution in [0.1, 0.15) is 27.2 Å². The van der Waals surface area contributed by atoms with Gasteiger partial charge in [0.05, 0.1) is 0 Å². The molecule has 0 N–H and O–H groups in total. The Bertz CT molecular complexity index is 175. The summed E-state index contributed by atoms with van der Waals surface area (Å²) in [5.74, 6) is 0.630. The van der Waals surface area contributed by atoms with Crippen LogP contribution in [-0.4, -0.2) is 5.71 Å². The lowest BCUT2D eigenvalue weighted by molar-refractivity contribution is 0.683. The van der Waals surface area contributed by atoms with E-state index in [-0.39, 0.29) is 0 Å². The number of hydrogen-bond donors (Lipinski definition) is 0. The molecule has 0 rings (SSSR count). The normalized spacial score (nSPS) is 11.8. The molecule has 1 nitrogen and oxygen atoms in total. The van der Waals surface area contributed by atoms with Gasteiger partial charge in [0.25, 0.3) is 0 Å². The molecule has 0 saturated heterocycles. The molecule has 0 radical (unpaired) electrons. The van der Waals surface area contributed by atoms with E-state index in [0.717, 1.165) is 17.7 Å². The van der Waals surface area contributed by atoms with E-state index in [2.05, 4.69) is 32.0 Å². The van der Waals surface area contributed by atoms with Crippen molar-refractivity contribution in [1.82, 2.24) is 0 Å². The molecule has 11 heavy (non-hydrogen) atoms. The lowest BCUT2D eigenvalue weighted by Crippen LogP contribution is -2.03. The van der Waals surface area contributed by atoms with Gasteiger partial charge >= 0.3 is 0 Å². The van der Waals surface area contributed by atoms with Crippen molar-refractivity contribution in [2.24, 2.45) is 10.9 Å². The number of nitrogens with zero attached hydrogens (tertiary/aromatic N) is 1. The zero-order valence-corrected chi connectivity index (χ0v) is 7.72. The van der Waals surface area contributed by atoms with Crippen LogP contribution in [0.2, 0.25) is 0 Å². The Morgan fingerprint density at radius 3 is 2.36 bits per heavy atom. The fraction of sp³-hybridized carbons (Fsp3) is 0.500. The van der Waals surface area contributed by atoms with Crippen molar-refractivity contribution in [2.45, 2.75) is 27.2 Å². The van der Waals surface area contributed by atoms with Crippen LogP contribution in [0.4, 0.5) is 0 Å². The van der Waals surface area contributed by atoms with Gasteiger partial charge in [0, 0.05) is 11.9 Å². The lowest BCUT2D eigenvalue weighted by atomic mass is 10.0. The minimum atomic E-state index is 0.630. The van der Waals surface area contributed by atoms with Crippen LogP contribution in [0.5, 0.6) is 0 Å². The summed E-state index contributed by atoms with van der Waals surface area (Å²) in [6, 6.07) is 0. The third-order valence-electron chi connectivity index (χ3n) is 1.34. The van der Waals surface area contributed by atoms with Crippen LogP contribution in [0.15, 0.2) is 29.9 Å². The highest BCUT2D eigenvalue weighted by Gasteiger charge is 2.01. The first-order valence-electron chi connectivity index (χ1n) is 3.91. The highest BCUT2D eigenvalue weighted by atomic mass is 14.7. The largest absolute Gasteiger partial charge is 0.262 e. The summed E-state index contributed by atoms with van der Waals surface area (Å²) in [5, 5.41) is 0. The monoisotopic (exact) mass is 151 g/mol. The average Bonchev–Trinajstić information content (AvgIpc) is 1.86. The molecular formula is C10H17N. The van der Waals surface area contributed by atoms with Gasteiger partial charge in [-0.3, -0.25) is 4.99 Å². The van der Waals surface area contributed by atoms with E-state index in [1.807, 2.05) is 6.92 Å². The van der Waals surface area contributed by atoms with E-state index in [4.69, 9.17) is 0 Å². The number of allylic oxidation sites excluding steroid dienone is 1. The van der Waals surface area contributed by atoms with Crippen LogP contribution < -0.4 is 0 Å². The van der Waals surface area contributed by atoms with Gasteiger partial charge in [0.1, 0.15) is 0 Å². The van der Waals surface area contributed by atoms with E-state index in [1.54, 1.807) is 6.20 Å². The molecule has 0 spiro atoms. The summed E-state index contributed by atoms with van der Waals surface area (Å²) in [5.41, 5.74) is 2.11. The molecule has 62 valence electrons. The molecule has 0 aromatic rings. The molecule has 0 unspecified atom stereocenters. The minimum Gasteiger partial charge on any atom is -0.262 e. The van der Waals surface area contributed by atoms with E-state index >= 15 is 0 Å². The highest BCUT2D eigenvalue weighted by molar-refractivity contribution is 5.99. The van der Waals surface area contributed by atoms with E-state index < -0.39 is 0 Å². The van der Waals surface area contributed by atoms with Crippen molar-refractivity contribution in [3.63, 3.8) is 0 Å². The standard InChI is InChI=1S/C10H17N/c1-6-11-10(9(4)5)7-8(2)3/h6,8H,1,4,7H2,2-3,5H3. The quantitative estimate of drug-likeness (QED) is 0.547. The first-order valence-corrected chi connectivity index (χ1v) is 3.91. The van der Waals surface area contributed by atoms with Gasteiger partial charge in [-0.05, 0) is 24.8 Å². The van der Waals surface area contributed by atoms with Gasteiger partial charge in [-0.15, -0.1) is 0 Å². The maximum Gasteiger partial charge on any atom is 0.0429 e.